The summed E-state index contributed by atoms with van der Waals surface area (Å²) in [6.45, 7) is 2.73. The molecule has 0 unspecified atom stereocenters. The van der Waals surface area contributed by atoms with E-state index in [1.54, 1.807) is 18.9 Å². The molecular formula is C15H19NO2S. The molecule has 0 saturated heterocycles. The fourth-order valence-corrected chi connectivity index (χ4v) is 2.35. The third-order valence-electron chi connectivity index (χ3n) is 2.87. The van der Waals surface area contributed by atoms with E-state index in [2.05, 4.69) is 17.6 Å². The predicted octanol–water partition coefficient (Wildman–Crippen LogP) is 4.07. The van der Waals surface area contributed by atoms with Crippen molar-refractivity contribution in [1.82, 2.24) is 0 Å². The highest BCUT2D eigenvalue weighted by atomic mass is 32.2. The molecule has 0 spiro atoms. The van der Waals surface area contributed by atoms with Crippen molar-refractivity contribution in [2.45, 2.75) is 19.2 Å². The summed E-state index contributed by atoms with van der Waals surface area (Å²) in [7, 11) is 1.69. The number of hydrogen-bond donors (Lipinski definition) is 1. The molecular weight excluding hydrogens is 258 g/mol. The lowest BCUT2D eigenvalue weighted by molar-refractivity contribution is 0.412. The van der Waals surface area contributed by atoms with Crippen LogP contribution in [0.2, 0.25) is 0 Å². The van der Waals surface area contributed by atoms with Crippen molar-refractivity contribution in [3.63, 3.8) is 0 Å². The number of benzene rings is 1. The van der Waals surface area contributed by atoms with Gasteiger partial charge in [-0.3, -0.25) is 0 Å². The summed E-state index contributed by atoms with van der Waals surface area (Å²) in [4.78, 5) is 0. The first-order chi connectivity index (χ1) is 9.22. The zero-order chi connectivity index (χ0) is 13.7. The van der Waals surface area contributed by atoms with Crippen LogP contribution >= 0.6 is 11.8 Å². The van der Waals surface area contributed by atoms with E-state index in [1.807, 2.05) is 31.2 Å². The predicted molar refractivity (Wildman–Crippen MR) is 81.0 cm³/mol. The van der Waals surface area contributed by atoms with Crippen LogP contribution in [-0.2, 0) is 12.3 Å². The molecule has 0 fully saturated rings. The Morgan fingerprint density at radius 3 is 2.68 bits per heavy atom. The summed E-state index contributed by atoms with van der Waals surface area (Å²) in [5, 5.41) is 3.35. The highest BCUT2D eigenvalue weighted by molar-refractivity contribution is 7.97. The maximum absolute atomic E-state index is 5.71. The molecule has 0 atom stereocenters. The van der Waals surface area contributed by atoms with E-state index in [0.717, 1.165) is 34.3 Å². The SMILES string of the molecule is COc1ccc(NCc2ccc(CSC)o2)cc1C. The van der Waals surface area contributed by atoms with Crippen LogP contribution < -0.4 is 10.1 Å². The van der Waals surface area contributed by atoms with Gasteiger partial charge in [0.1, 0.15) is 17.3 Å². The van der Waals surface area contributed by atoms with Crippen LogP contribution in [0, 0.1) is 6.92 Å². The second-order valence-electron chi connectivity index (χ2n) is 4.34. The van der Waals surface area contributed by atoms with Gasteiger partial charge in [-0.25, -0.2) is 0 Å². The van der Waals surface area contributed by atoms with Crippen LogP contribution in [0.3, 0.4) is 0 Å². The molecule has 0 bridgehead atoms. The Morgan fingerprint density at radius 2 is 2.00 bits per heavy atom. The highest BCUT2D eigenvalue weighted by Gasteiger charge is 2.03. The number of methoxy groups -OCH3 is 1. The molecule has 0 aliphatic carbocycles. The van der Waals surface area contributed by atoms with Crippen LogP contribution in [0.1, 0.15) is 17.1 Å². The van der Waals surface area contributed by atoms with E-state index < -0.39 is 0 Å². The van der Waals surface area contributed by atoms with Gasteiger partial charge in [0, 0.05) is 5.69 Å². The Morgan fingerprint density at radius 1 is 1.21 bits per heavy atom. The topological polar surface area (TPSA) is 34.4 Å². The van der Waals surface area contributed by atoms with Gasteiger partial charge in [-0.2, -0.15) is 11.8 Å². The first kappa shape index (κ1) is 13.9. The Kier molecular flexibility index (Phi) is 4.80. The third-order valence-corrected chi connectivity index (χ3v) is 3.44. The lowest BCUT2D eigenvalue weighted by atomic mass is 10.2. The van der Waals surface area contributed by atoms with Gasteiger partial charge in [-0.05, 0) is 49.1 Å². The van der Waals surface area contributed by atoms with Crippen LogP contribution in [0.4, 0.5) is 5.69 Å². The molecule has 19 heavy (non-hydrogen) atoms. The molecule has 1 N–H and O–H groups in total. The van der Waals surface area contributed by atoms with Gasteiger partial charge < -0.3 is 14.5 Å². The first-order valence-electron chi connectivity index (χ1n) is 6.18. The van der Waals surface area contributed by atoms with Gasteiger partial charge in [0.05, 0.1) is 19.4 Å². The minimum atomic E-state index is 0.695. The lowest BCUT2D eigenvalue weighted by Crippen LogP contribution is -1.98. The average molecular weight is 277 g/mol. The molecule has 102 valence electrons. The fraction of sp³-hybridized carbons (Fsp3) is 0.333. The average Bonchev–Trinajstić information content (AvgIpc) is 2.85. The van der Waals surface area contributed by atoms with E-state index in [9.17, 15) is 0 Å². The van der Waals surface area contributed by atoms with Crippen molar-refractivity contribution in [1.29, 1.82) is 0 Å². The second-order valence-corrected chi connectivity index (χ2v) is 5.21. The monoisotopic (exact) mass is 277 g/mol. The number of thioether (sulfide) groups is 1. The molecule has 0 aliphatic heterocycles. The maximum Gasteiger partial charge on any atom is 0.123 e. The fourth-order valence-electron chi connectivity index (χ4n) is 1.91. The van der Waals surface area contributed by atoms with Crippen molar-refractivity contribution in [2.24, 2.45) is 0 Å². The molecule has 1 aromatic carbocycles. The van der Waals surface area contributed by atoms with Crippen molar-refractivity contribution >= 4 is 17.4 Å². The quantitative estimate of drug-likeness (QED) is 0.863. The van der Waals surface area contributed by atoms with Crippen LogP contribution in [0.15, 0.2) is 34.7 Å². The number of aryl methyl sites for hydroxylation is 1. The van der Waals surface area contributed by atoms with Crippen LogP contribution in [-0.4, -0.2) is 13.4 Å². The molecule has 3 nitrogen and oxygen atoms in total. The summed E-state index contributed by atoms with van der Waals surface area (Å²) in [6.07, 6.45) is 2.07. The Balaban J connectivity index is 1.95. The zero-order valence-electron chi connectivity index (χ0n) is 11.5. The van der Waals surface area contributed by atoms with Crippen LogP contribution in [0.25, 0.3) is 0 Å². The van der Waals surface area contributed by atoms with Gasteiger partial charge in [0.2, 0.25) is 0 Å². The lowest BCUT2D eigenvalue weighted by Gasteiger charge is -2.08. The van der Waals surface area contributed by atoms with Crippen molar-refractivity contribution in [3.05, 3.63) is 47.4 Å². The van der Waals surface area contributed by atoms with E-state index >= 15 is 0 Å². The minimum Gasteiger partial charge on any atom is -0.496 e. The number of furan rings is 1. The standard InChI is InChI=1S/C15H19NO2S/c1-11-8-12(4-7-15(11)17-2)16-9-13-5-6-14(18-13)10-19-3/h4-8,16H,9-10H2,1-3H3. The molecule has 2 aromatic rings. The van der Waals surface area contributed by atoms with Gasteiger partial charge in [0.15, 0.2) is 0 Å². The highest BCUT2D eigenvalue weighted by Crippen LogP contribution is 2.22. The molecule has 0 amide bonds. The maximum atomic E-state index is 5.71. The Bertz CT molecular complexity index is 537. The Labute approximate surface area is 118 Å². The second kappa shape index (κ2) is 6.57. The molecule has 1 heterocycles. The third kappa shape index (κ3) is 3.70. The summed E-state index contributed by atoms with van der Waals surface area (Å²) in [6, 6.07) is 10.1. The summed E-state index contributed by atoms with van der Waals surface area (Å²) in [5.74, 6) is 3.81. The van der Waals surface area contributed by atoms with E-state index in [-0.39, 0.29) is 0 Å². The van der Waals surface area contributed by atoms with Gasteiger partial charge in [-0.1, -0.05) is 0 Å². The smallest absolute Gasteiger partial charge is 0.123 e. The number of nitrogens with one attached hydrogen (secondary N) is 1. The van der Waals surface area contributed by atoms with Gasteiger partial charge in [0.25, 0.3) is 0 Å². The normalized spacial score (nSPS) is 10.5. The minimum absolute atomic E-state index is 0.695. The molecule has 0 radical (unpaired) electrons. The molecule has 0 aliphatic rings. The van der Waals surface area contributed by atoms with E-state index in [4.69, 9.17) is 9.15 Å². The van der Waals surface area contributed by atoms with Crippen molar-refractivity contribution in [2.75, 3.05) is 18.7 Å². The molecule has 2 rings (SSSR count). The molecule has 4 heteroatoms. The number of anilines is 1. The molecule has 0 saturated carbocycles. The van der Waals surface area contributed by atoms with Crippen LogP contribution in [0.5, 0.6) is 5.75 Å². The number of rotatable bonds is 6. The van der Waals surface area contributed by atoms with E-state index in [0.29, 0.717) is 6.54 Å². The first-order valence-corrected chi connectivity index (χ1v) is 7.57. The van der Waals surface area contributed by atoms with Gasteiger partial charge >= 0.3 is 0 Å². The summed E-state index contributed by atoms with van der Waals surface area (Å²) in [5.41, 5.74) is 2.19. The Hall–Kier alpha value is -1.55. The largest absolute Gasteiger partial charge is 0.496 e. The van der Waals surface area contributed by atoms with Crippen molar-refractivity contribution in [3.8, 4) is 5.75 Å². The van der Waals surface area contributed by atoms with E-state index in [1.165, 1.54) is 0 Å². The zero-order valence-corrected chi connectivity index (χ0v) is 12.3. The van der Waals surface area contributed by atoms with Crippen molar-refractivity contribution < 1.29 is 9.15 Å². The summed E-state index contributed by atoms with van der Waals surface area (Å²) < 4.78 is 11.0. The number of hydrogen-bond acceptors (Lipinski definition) is 4. The summed E-state index contributed by atoms with van der Waals surface area (Å²) >= 11 is 1.76. The van der Waals surface area contributed by atoms with Gasteiger partial charge in [-0.15, -0.1) is 0 Å². The molecule has 1 aromatic heterocycles. The number of ether oxygens (including phenoxy) is 1.